The van der Waals surface area contributed by atoms with Gasteiger partial charge in [-0.15, -0.1) is 0 Å². The van der Waals surface area contributed by atoms with Gasteiger partial charge >= 0.3 is 5.69 Å². The Morgan fingerprint density at radius 3 is 2.34 bits per heavy atom. The van der Waals surface area contributed by atoms with Crippen LogP contribution in [-0.4, -0.2) is 50.6 Å². The molecular formula is C27H32N6O2. The van der Waals surface area contributed by atoms with Gasteiger partial charge in [-0.1, -0.05) is 51.1 Å². The number of hydrogen-bond acceptors (Lipinski definition) is 5. The number of imidazole rings is 1. The Labute approximate surface area is 204 Å². The van der Waals surface area contributed by atoms with Gasteiger partial charge in [-0.2, -0.15) is 0 Å². The van der Waals surface area contributed by atoms with Gasteiger partial charge in [0.25, 0.3) is 5.56 Å². The molecular weight excluding hydrogens is 440 g/mol. The highest BCUT2D eigenvalue weighted by Crippen LogP contribution is 2.30. The van der Waals surface area contributed by atoms with Crippen molar-refractivity contribution in [3.05, 3.63) is 80.6 Å². The predicted molar refractivity (Wildman–Crippen MR) is 140 cm³/mol. The van der Waals surface area contributed by atoms with Crippen molar-refractivity contribution in [2.75, 3.05) is 31.1 Å². The molecule has 8 nitrogen and oxygen atoms in total. The number of aromatic amines is 2. The van der Waals surface area contributed by atoms with E-state index in [1.165, 1.54) is 10.1 Å². The first kappa shape index (κ1) is 23.1. The van der Waals surface area contributed by atoms with E-state index in [2.05, 4.69) is 83.0 Å². The Morgan fingerprint density at radius 2 is 1.66 bits per heavy atom. The molecule has 1 saturated heterocycles. The molecule has 0 bridgehead atoms. The summed E-state index contributed by atoms with van der Waals surface area (Å²) < 4.78 is 1.42. The van der Waals surface area contributed by atoms with Gasteiger partial charge in [0.05, 0.1) is 11.2 Å². The summed E-state index contributed by atoms with van der Waals surface area (Å²) in [5.74, 6) is 0.875. The predicted octanol–water partition coefficient (Wildman–Crippen LogP) is 3.24. The first-order valence-corrected chi connectivity index (χ1v) is 12.0. The monoisotopic (exact) mass is 472 g/mol. The number of benzene rings is 2. The Morgan fingerprint density at radius 1 is 0.943 bits per heavy atom. The fourth-order valence-electron chi connectivity index (χ4n) is 4.65. The minimum absolute atomic E-state index is 0.117. The molecule has 4 aromatic rings. The van der Waals surface area contributed by atoms with E-state index in [1.54, 1.807) is 13.2 Å². The highest BCUT2D eigenvalue weighted by molar-refractivity contribution is 5.91. The van der Waals surface area contributed by atoms with E-state index >= 15 is 0 Å². The Bertz CT molecular complexity index is 1460. The number of aromatic nitrogens is 4. The minimum Gasteiger partial charge on any atom is -0.367 e. The van der Waals surface area contributed by atoms with E-state index in [9.17, 15) is 9.59 Å². The number of aryl methyl sites for hydroxylation is 1. The summed E-state index contributed by atoms with van der Waals surface area (Å²) in [5, 5.41) is 0. The number of rotatable bonds is 4. The van der Waals surface area contributed by atoms with Crippen molar-refractivity contribution >= 4 is 16.7 Å². The van der Waals surface area contributed by atoms with E-state index in [4.69, 9.17) is 4.98 Å². The summed E-state index contributed by atoms with van der Waals surface area (Å²) in [6.07, 6.45) is 1.63. The second-order valence-corrected chi connectivity index (χ2v) is 10.4. The van der Waals surface area contributed by atoms with Gasteiger partial charge in [-0.05, 0) is 23.1 Å². The summed E-state index contributed by atoms with van der Waals surface area (Å²) >= 11 is 0. The molecule has 1 aliphatic heterocycles. The van der Waals surface area contributed by atoms with E-state index in [1.807, 2.05) is 0 Å². The number of H-pyrrole nitrogens is 2. The van der Waals surface area contributed by atoms with Gasteiger partial charge in [-0.25, -0.2) is 9.78 Å². The maximum Gasteiger partial charge on any atom is 0.328 e. The third-order valence-corrected chi connectivity index (χ3v) is 6.80. The number of anilines is 1. The first-order chi connectivity index (χ1) is 16.7. The molecule has 1 aliphatic rings. The fraction of sp³-hybridized carbons (Fsp3) is 0.370. The molecule has 8 heteroatoms. The summed E-state index contributed by atoms with van der Waals surface area (Å²) in [7, 11) is 1.65. The van der Waals surface area contributed by atoms with Crippen LogP contribution in [0.1, 0.15) is 31.9 Å². The molecule has 0 spiro atoms. The average Bonchev–Trinajstić information content (AvgIpc) is 3.27. The smallest absolute Gasteiger partial charge is 0.328 e. The lowest BCUT2D eigenvalue weighted by Crippen LogP contribution is -2.47. The third-order valence-electron chi connectivity index (χ3n) is 6.80. The van der Waals surface area contributed by atoms with Gasteiger partial charge in [0.2, 0.25) is 0 Å². The zero-order valence-electron chi connectivity index (χ0n) is 20.8. The lowest BCUT2D eigenvalue weighted by molar-refractivity contribution is 0.248. The lowest BCUT2D eigenvalue weighted by atomic mass is 9.87. The Balaban J connectivity index is 1.33. The minimum atomic E-state index is -0.389. The second kappa shape index (κ2) is 8.85. The van der Waals surface area contributed by atoms with Crippen LogP contribution in [0.4, 0.5) is 5.69 Å². The normalized spacial score (nSPS) is 15.1. The second-order valence-electron chi connectivity index (χ2n) is 10.4. The van der Waals surface area contributed by atoms with Crippen LogP contribution in [-0.2, 0) is 19.0 Å². The molecule has 2 aromatic heterocycles. The molecule has 0 unspecified atom stereocenters. The van der Waals surface area contributed by atoms with Crippen LogP contribution in [0.3, 0.4) is 0 Å². The van der Waals surface area contributed by atoms with Gasteiger partial charge in [0.15, 0.2) is 0 Å². The van der Waals surface area contributed by atoms with Crippen molar-refractivity contribution in [2.45, 2.75) is 32.7 Å². The van der Waals surface area contributed by atoms with Crippen molar-refractivity contribution < 1.29 is 0 Å². The number of nitrogens with one attached hydrogen (secondary N) is 2. The maximum atomic E-state index is 12.2. The standard InChI is InChI=1S/C27H32N6O2/c1-27(2,3)20-10-8-18(9-11-20)24-28-21-6-5-7-22(23(21)29-24)33-14-12-32(13-15-33)17-19-16-31(4)26(35)30-25(19)34/h5-11,16H,12-15,17H2,1-4H3,(H,28,29)(H,30,34,35). The largest absolute Gasteiger partial charge is 0.367 e. The van der Waals surface area contributed by atoms with Crippen molar-refractivity contribution in [1.82, 2.24) is 24.4 Å². The maximum absolute atomic E-state index is 12.2. The molecule has 0 amide bonds. The van der Waals surface area contributed by atoms with Crippen LogP contribution < -0.4 is 16.1 Å². The molecule has 0 radical (unpaired) electrons. The molecule has 2 aromatic carbocycles. The topological polar surface area (TPSA) is 90.0 Å². The number of nitrogens with zero attached hydrogens (tertiary/aromatic N) is 4. The van der Waals surface area contributed by atoms with E-state index in [0.29, 0.717) is 12.1 Å². The van der Waals surface area contributed by atoms with Crippen LogP contribution in [0.15, 0.2) is 58.3 Å². The molecule has 0 saturated carbocycles. The van der Waals surface area contributed by atoms with Crippen molar-refractivity contribution in [2.24, 2.45) is 7.05 Å². The Hall–Kier alpha value is -3.65. The van der Waals surface area contributed by atoms with Crippen LogP contribution >= 0.6 is 0 Å². The Kier molecular flexibility index (Phi) is 5.84. The quantitative estimate of drug-likeness (QED) is 0.476. The zero-order chi connectivity index (χ0) is 24.7. The van der Waals surface area contributed by atoms with Crippen LogP contribution in [0.2, 0.25) is 0 Å². The zero-order valence-corrected chi connectivity index (χ0v) is 20.8. The van der Waals surface area contributed by atoms with Crippen LogP contribution in [0.25, 0.3) is 22.4 Å². The van der Waals surface area contributed by atoms with Gasteiger partial charge in [0.1, 0.15) is 11.3 Å². The highest BCUT2D eigenvalue weighted by atomic mass is 16.2. The van der Waals surface area contributed by atoms with Crippen LogP contribution in [0.5, 0.6) is 0 Å². The van der Waals surface area contributed by atoms with Crippen molar-refractivity contribution in [3.63, 3.8) is 0 Å². The van der Waals surface area contributed by atoms with Gasteiger partial charge in [0, 0.05) is 57.1 Å². The van der Waals surface area contributed by atoms with E-state index in [-0.39, 0.29) is 16.7 Å². The highest BCUT2D eigenvalue weighted by Gasteiger charge is 2.21. The third kappa shape index (κ3) is 4.66. The number of piperazine rings is 1. The van der Waals surface area contributed by atoms with E-state index < -0.39 is 0 Å². The lowest BCUT2D eigenvalue weighted by Gasteiger charge is -2.36. The molecule has 0 aliphatic carbocycles. The molecule has 1 fully saturated rings. The number of fused-ring (bicyclic) bond motifs is 1. The fourth-order valence-corrected chi connectivity index (χ4v) is 4.65. The summed E-state index contributed by atoms with van der Waals surface area (Å²) in [6.45, 7) is 10.5. The van der Waals surface area contributed by atoms with Gasteiger partial charge < -0.3 is 14.5 Å². The van der Waals surface area contributed by atoms with Crippen LogP contribution in [0, 0.1) is 0 Å². The average molecular weight is 473 g/mol. The molecule has 0 atom stereocenters. The molecule has 5 rings (SSSR count). The molecule has 2 N–H and O–H groups in total. The molecule has 3 heterocycles. The molecule has 35 heavy (non-hydrogen) atoms. The summed E-state index contributed by atoms with van der Waals surface area (Å²) in [4.78, 5) is 39.2. The number of hydrogen-bond donors (Lipinski definition) is 2. The van der Waals surface area contributed by atoms with Gasteiger partial charge in [-0.3, -0.25) is 14.7 Å². The first-order valence-electron chi connectivity index (χ1n) is 12.0. The summed E-state index contributed by atoms with van der Waals surface area (Å²) in [6, 6.07) is 14.9. The van der Waals surface area contributed by atoms with Crippen molar-refractivity contribution in [3.8, 4) is 11.4 Å². The number of para-hydroxylation sites is 1. The summed E-state index contributed by atoms with van der Waals surface area (Å²) in [5.41, 5.74) is 5.53. The van der Waals surface area contributed by atoms with Crippen molar-refractivity contribution in [1.29, 1.82) is 0 Å². The molecule has 182 valence electrons. The SMILES string of the molecule is Cn1cc(CN2CCN(c3cccc4[nH]c(-c5ccc(C(C)(C)C)cc5)nc34)CC2)c(=O)[nH]c1=O. The van der Waals surface area contributed by atoms with E-state index in [0.717, 1.165) is 54.3 Å².